The largest absolute Gasteiger partial charge is 0.503 e. The minimum absolute atomic E-state index is 0.0182. The number of carbonyl (C=O) groups excluding carboxylic acids is 3. The molecular weight excluding hydrogens is 1300 g/mol. The SMILES string of the molecule is CCCCOc1ccc(CC(C(=O)Oc2c(F)c(F)cc(F)c2F)N(CC(=O)Oc2c(F)c(F)cc(F)c2F)CC(=O)Oc2c(F)c(F)cc(F)c2F)cc1.O=C(O)CN(CC(=O)O)C(Cc1ccc(OCc2ccccc2)cc1)C(=O)O.Oc1c(F)c(F)cc(F)c1F. The Morgan fingerprint density at radius 1 is 0.415 bits per heavy atom. The lowest BCUT2D eigenvalue weighted by molar-refractivity contribution is -0.150. The summed E-state index contributed by atoms with van der Waals surface area (Å²) in [5.41, 5.74) is 1.66. The monoisotopic (exact) mass is 1350 g/mol. The van der Waals surface area contributed by atoms with Gasteiger partial charge in [0, 0.05) is 24.3 Å². The molecule has 7 aromatic carbocycles. The smallest absolute Gasteiger partial charge is 0.329 e. The molecule has 0 aliphatic rings. The fraction of sp³-hybridized carbons (Fsp3) is 0.213. The summed E-state index contributed by atoms with van der Waals surface area (Å²) >= 11 is 0. The van der Waals surface area contributed by atoms with Crippen LogP contribution in [0.1, 0.15) is 36.5 Å². The second-order valence-corrected chi connectivity index (χ2v) is 19.2. The van der Waals surface area contributed by atoms with Crippen molar-refractivity contribution < 1.29 is 143 Å². The summed E-state index contributed by atoms with van der Waals surface area (Å²) in [5, 5.41) is 35.7. The molecule has 17 nitrogen and oxygen atoms in total. The van der Waals surface area contributed by atoms with Crippen molar-refractivity contribution in [1.29, 1.82) is 0 Å². The van der Waals surface area contributed by atoms with Gasteiger partial charge in [0.2, 0.25) is 63.8 Å². The first kappa shape index (κ1) is 74.3. The summed E-state index contributed by atoms with van der Waals surface area (Å²) in [4.78, 5) is 74.2. The van der Waals surface area contributed by atoms with Crippen molar-refractivity contribution in [2.75, 3.05) is 32.8 Å². The zero-order valence-electron chi connectivity index (χ0n) is 47.8. The van der Waals surface area contributed by atoms with Crippen LogP contribution in [0.5, 0.6) is 34.5 Å². The minimum Gasteiger partial charge on any atom is -0.503 e. The fourth-order valence-electron chi connectivity index (χ4n) is 7.88. The number of aromatic hydroxyl groups is 1. The third-order valence-electron chi connectivity index (χ3n) is 12.4. The molecule has 0 heterocycles. The number of benzene rings is 7. The lowest BCUT2D eigenvalue weighted by Crippen LogP contribution is -2.50. The number of phenols is 1. The average molecular weight is 1350 g/mol. The maximum atomic E-state index is 14.6. The molecule has 7 rings (SSSR count). The highest BCUT2D eigenvalue weighted by atomic mass is 19.2. The van der Waals surface area contributed by atoms with Crippen LogP contribution in [0.15, 0.2) is 103 Å². The van der Waals surface area contributed by atoms with E-state index in [0.29, 0.717) is 24.3 Å². The molecule has 33 heteroatoms. The molecule has 0 aromatic heterocycles. The number of carbonyl (C=O) groups is 6. The molecule has 0 saturated carbocycles. The number of ether oxygens (including phenoxy) is 5. The molecule has 0 aliphatic heterocycles. The van der Waals surface area contributed by atoms with E-state index in [-0.39, 0.29) is 53.5 Å². The Balaban J connectivity index is 0.000000336. The molecule has 502 valence electrons. The van der Waals surface area contributed by atoms with E-state index in [1.165, 1.54) is 24.3 Å². The average Bonchev–Trinajstić information content (AvgIpc) is 0.824. The van der Waals surface area contributed by atoms with Gasteiger partial charge in [-0.25, -0.2) is 39.9 Å². The quantitative estimate of drug-likeness (QED) is 0.0130. The number of hydrogen-bond acceptors (Lipinski definition) is 14. The number of unbranched alkanes of at least 4 members (excludes halogenated alkanes) is 1. The predicted octanol–water partition coefficient (Wildman–Crippen LogP) is 11.2. The maximum Gasteiger partial charge on any atom is 0.329 e. The predicted molar refractivity (Wildman–Crippen MR) is 289 cm³/mol. The van der Waals surface area contributed by atoms with E-state index >= 15 is 0 Å². The van der Waals surface area contributed by atoms with Gasteiger partial charge in [-0.2, -0.15) is 35.1 Å². The molecule has 0 aliphatic carbocycles. The number of aliphatic carboxylic acids is 3. The zero-order chi connectivity index (χ0) is 69.8. The van der Waals surface area contributed by atoms with Crippen molar-refractivity contribution in [1.82, 2.24) is 9.80 Å². The third kappa shape index (κ3) is 20.8. The summed E-state index contributed by atoms with van der Waals surface area (Å²) in [5.74, 6) is -49.0. The van der Waals surface area contributed by atoms with E-state index in [4.69, 9.17) is 24.8 Å². The van der Waals surface area contributed by atoms with E-state index < -0.39 is 197 Å². The molecular formula is C61H46F16N2O15. The lowest BCUT2D eigenvalue weighted by atomic mass is 10.0. The Hall–Kier alpha value is -10.4. The van der Waals surface area contributed by atoms with Crippen molar-refractivity contribution >= 4 is 35.8 Å². The van der Waals surface area contributed by atoms with Crippen LogP contribution in [-0.2, 0) is 48.2 Å². The zero-order valence-corrected chi connectivity index (χ0v) is 47.8. The Labute approximate surface area is 519 Å². The Morgan fingerprint density at radius 3 is 1.12 bits per heavy atom. The van der Waals surface area contributed by atoms with Crippen molar-refractivity contribution in [3.05, 3.63) is 213 Å². The standard InChI is InChI=1S/C35H23F12NO7.C20H21NO7.C6H2F4O/c1-2-3-8-52-16-6-4-15(5-7-16)9-23(35(51)55-34-30(46)21(40)12-22(41)31(34)47)48(13-24(49)53-32-26(42)17(36)10-18(37)27(32)43)14-25(50)54-33-28(44)19(38)11-20(39)29(33)45;22-18(23)11-21(12-19(24)25)17(20(26)27)10-14-6-8-16(9-7-14)28-13-15-4-2-1-3-5-15;7-2-1-3(8)5(10)6(11)4(2)9/h4-7,10-12,23H,2-3,8-9,13-14H2,1H3;1-9,17H,10-13H2,(H,22,23)(H,24,25)(H,26,27);1,11H. The van der Waals surface area contributed by atoms with Crippen LogP contribution in [-0.4, -0.2) is 111 Å². The van der Waals surface area contributed by atoms with Crippen LogP contribution >= 0.6 is 0 Å². The molecule has 0 spiro atoms. The van der Waals surface area contributed by atoms with Crippen molar-refractivity contribution in [2.45, 2.75) is 51.3 Å². The molecule has 0 bridgehead atoms. The van der Waals surface area contributed by atoms with Gasteiger partial charge < -0.3 is 44.1 Å². The van der Waals surface area contributed by atoms with Crippen LogP contribution in [0.4, 0.5) is 70.2 Å². The lowest BCUT2D eigenvalue weighted by Gasteiger charge is -2.29. The van der Waals surface area contributed by atoms with Gasteiger partial charge in [-0.1, -0.05) is 67.9 Å². The minimum atomic E-state index is -2.32. The number of esters is 3. The van der Waals surface area contributed by atoms with Crippen molar-refractivity contribution in [3.63, 3.8) is 0 Å². The molecule has 0 amide bonds. The Bertz CT molecular complexity index is 3670. The molecule has 4 N–H and O–H groups in total. The Morgan fingerprint density at radius 2 is 0.755 bits per heavy atom. The number of nitrogens with zero attached hydrogens (tertiary/aromatic N) is 2. The van der Waals surface area contributed by atoms with Gasteiger partial charge in [-0.05, 0) is 60.2 Å². The van der Waals surface area contributed by atoms with Gasteiger partial charge in [0.15, 0.2) is 52.3 Å². The van der Waals surface area contributed by atoms with E-state index in [2.05, 4.69) is 14.2 Å². The topological polar surface area (TPSA) is 236 Å². The van der Waals surface area contributed by atoms with E-state index in [1.807, 2.05) is 37.3 Å². The van der Waals surface area contributed by atoms with Crippen LogP contribution < -0.4 is 23.7 Å². The van der Waals surface area contributed by atoms with Gasteiger partial charge in [0.05, 0.1) is 32.8 Å². The van der Waals surface area contributed by atoms with Crippen LogP contribution in [0.2, 0.25) is 0 Å². The highest BCUT2D eigenvalue weighted by Crippen LogP contribution is 2.32. The second kappa shape index (κ2) is 34.3. The first-order valence-electron chi connectivity index (χ1n) is 26.6. The Kier molecular flexibility index (Phi) is 27.1. The summed E-state index contributed by atoms with van der Waals surface area (Å²) in [6.07, 6.45) is 0.551. The number of hydrogen-bond donors (Lipinski definition) is 4. The van der Waals surface area contributed by atoms with Crippen LogP contribution in [0.25, 0.3) is 0 Å². The summed E-state index contributed by atoms with van der Waals surface area (Å²) < 4.78 is 243. The van der Waals surface area contributed by atoms with Gasteiger partial charge in [-0.3, -0.25) is 33.8 Å². The van der Waals surface area contributed by atoms with Crippen LogP contribution in [0, 0.1) is 93.1 Å². The number of halogens is 16. The van der Waals surface area contributed by atoms with E-state index in [1.54, 1.807) is 24.3 Å². The highest BCUT2D eigenvalue weighted by molar-refractivity contribution is 5.83. The first-order chi connectivity index (χ1) is 44.3. The summed E-state index contributed by atoms with van der Waals surface area (Å²) in [7, 11) is 0. The van der Waals surface area contributed by atoms with Gasteiger partial charge in [-0.15, -0.1) is 0 Å². The van der Waals surface area contributed by atoms with Gasteiger partial charge in [0.25, 0.3) is 0 Å². The third-order valence-corrected chi connectivity index (χ3v) is 12.4. The molecule has 2 atom stereocenters. The molecule has 7 aromatic rings. The van der Waals surface area contributed by atoms with E-state index in [9.17, 15) is 104 Å². The second-order valence-electron chi connectivity index (χ2n) is 19.2. The number of carboxylic acids is 3. The molecule has 0 radical (unpaired) electrons. The maximum absolute atomic E-state index is 14.6. The molecule has 2 unspecified atom stereocenters. The molecule has 0 fully saturated rings. The number of carboxylic acid groups (broad SMARTS) is 3. The van der Waals surface area contributed by atoms with Gasteiger partial charge in [0.1, 0.15) is 30.2 Å². The van der Waals surface area contributed by atoms with Crippen LogP contribution in [0.3, 0.4) is 0 Å². The van der Waals surface area contributed by atoms with Crippen molar-refractivity contribution in [3.8, 4) is 34.5 Å². The first-order valence-corrected chi connectivity index (χ1v) is 26.6. The highest BCUT2D eigenvalue weighted by Gasteiger charge is 2.37. The summed E-state index contributed by atoms with van der Waals surface area (Å²) in [6, 6.07) is 17.2. The number of phenolic OH excluding ortho intramolecular Hbond substituents is 1. The van der Waals surface area contributed by atoms with E-state index in [0.717, 1.165) is 16.9 Å². The fourth-order valence-corrected chi connectivity index (χ4v) is 7.88. The number of rotatable bonds is 26. The van der Waals surface area contributed by atoms with Gasteiger partial charge >= 0.3 is 35.8 Å². The van der Waals surface area contributed by atoms with Crippen molar-refractivity contribution in [2.24, 2.45) is 0 Å². The molecule has 0 saturated heterocycles. The normalized spacial score (nSPS) is 11.6. The molecule has 94 heavy (non-hydrogen) atoms. The summed E-state index contributed by atoms with van der Waals surface area (Å²) in [6.45, 7) is -2.07.